The van der Waals surface area contributed by atoms with Crippen LogP contribution >= 0.6 is 12.2 Å². The molecule has 0 saturated carbocycles. The monoisotopic (exact) mass is 275 g/mol. The standard InChI is InChI=1S/C14H17N3OS/c1-3-10(2)16-13(18)12-9-15-14(19)17(12)11-7-5-4-6-8-11/h4-10H,3H2,1-2H3,(H,15,19)(H,16,18). The van der Waals surface area contributed by atoms with E-state index in [-0.39, 0.29) is 11.9 Å². The Morgan fingerprint density at radius 2 is 2.11 bits per heavy atom. The third-order valence-corrected chi connectivity index (χ3v) is 3.31. The predicted molar refractivity (Wildman–Crippen MR) is 78.2 cm³/mol. The van der Waals surface area contributed by atoms with Crippen LogP contribution in [0, 0.1) is 4.77 Å². The summed E-state index contributed by atoms with van der Waals surface area (Å²) in [5.41, 5.74) is 1.40. The first-order chi connectivity index (χ1) is 9.13. The average Bonchev–Trinajstić information content (AvgIpc) is 2.81. The molecular weight excluding hydrogens is 258 g/mol. The first kappa shape index (κ1) is 13.5. The number of carbonyl (C=O) groups is 1. The minimum absolute atomic E-state index is 0.120. The molecule has 0 saturated heterocycles. The Labute approximate surface area is 117 Å². The molecule has 5 heteroatoms. The second-order valence-corrected chi connectivity index (χ2v) is 4.82. The molecule has 1 heterocycles. The Kier molecular flexibility index (Phi) is 4.16. The summed E-state index contributed by atoms with van der Waals surface area (Å²) in [6.45, 7) is 4.01. The molecule has 100 valence electrons. The number of amides is 1. The third-order valence-electron chi connectivity index (χ3n) is 3.01. The summed E-state index contributed by atoms with van der Waals surface area (Å²) in [4.78, 5) is 15.1. The van der Waals surface area contributed by atoms with Gasteiger partial charge in [0, 0.05) is 17.9 Å². The van der Waals surface area contributed by atoms with Crippen molar-refractivity contribution in [1.82, 2.24) is 14.9 Å². The molecule has 1 amide bonds. The molecule has 4 nitrogen and oxygen atoms in total. The zero-order chi connectivity index (χ0) is 13.8. The van der Waals surface area contributed by atoms with Crippen LogP contribution in [0.2, 0.25) is 0 Å². The zero-order valence-corrected chi connectivity index (χ0v) is 11.8. The Bertz CT molecular complexity index is 615. The number of carbonyl (C=O) groups excluding carboxylic acids is 1. The van der Waals surface area contributed by atoms with Crippen LogP contribution in [0.4, 0.5) is 0 Å². The molecular formula is C14H17N3OS. The highest BCUT2D eigenvalue weighted by molar-refractivity contribution is 7.71. The molecule has 0 fully saturated rings. The highest BCUT2D eigenvalue weighted by atomic mass is 32.1. The van der Waals surface area contributed by atoms with Gasteiger partial charge in [-0.2, -0.15) is 0 Å². The summed E-state index contributed by atoms with van der Waals surface area (Å²) in [6, 6.07) is 9.74. The van der Waals surface area contributed by atoms with Gasteiger partial charge in [-0.15, -0.1) is 0 Å². The Balaban J connectivity index is 2.39. The molecule has 1 atom stereocenters. The summed E-state index contributed by atoms with van der Waals surface area (Å²) in [7, 11) is 0. The molecule has 0 aliphatic heterocycles. The number of H-pyrrole nitrogens is 1. The van der Waals surface area contributed by atoms with Crippen LogP contribution in [0.25, 0.3) is 5.69 Å². The van der Waals surface area contributed by atoms with E-state index in [2.05, 4.69) is 10.3 Å². The van der Waals surface area contributed by atoms with Crippen molar-refractivity contribution in [3.63, 3.8) is 0 Å². The van der Waals surface area contributed by atoms with Gasteiger partial charge < -0.3 is 10.3 Å². The predicted octanol–water partition coefficient (Wildman–Crippen LogP) is 3.06. The lowest BCUT2D eigenvalue weighted by Crippen LogP contribution is -2.33. The van der Waals surface area contributed by atoms with Gasteiger partial charge in [-0.1, -0.05) is 25.1 Å². The zero-order valence-electron chi connectivity index (χ0n) is 11.0. The van der Waals surface area contributed by atoms with E-state index in [0.29, 0.717) is 10.5 Å². The summed E-state index contributed by atoms with van der Waals surface area (Å²) in [5.74, 6) is -0.120. The number of aromatic nitrogens is 2. The normalized spacial score (nSPS) is 12.1. The van der Waals surface area contributed by atoms with Crippen molar-refractivity contribution in [3.8, 4) is 5.69 Å². The smallest absolute Gasteiger partial charge is 0.270 e. The van der Waals surface area contributed by atoms with Gasteiger partial charge in [0.2, 0.25) is 0 Å². The largest absolute Gasteiger partial charge is 0.348 e. The number of benzene rings is 1. The molecule has 0 aliphatic carbocycles. The second kappa shape index (κ2) is 5.84. The van der Waals surface area contributed by atoms with Gasteiger partial charge in [0.15, 0.2) is 4.77 Å². The summed E-state index contributed by atoms with van der Waals surface area (Å²) in [6.07, 6.45) is 2.54. The molecule has 0 bridgehead atoms. The number of rotatable bonds is 4. The van der Waals surface area contributed by atoms with Crippen LogP contribution in [0.5, 0.6) is 0 Å². The fraction of sp³-hybridized carbons (Fsp3) is 0.286. The minimum atomic E-state index is -0.120. The fourth-order valence-electron chi connectivity index (χ4n) is 1.77. The number of para-hydroxylation sites is 1. The van der Waals surface area contributed by atoms with Crippen molar-refractivity contribution in [2.45, 2.75) is 26.3 Å². The molecule has 1 aromatic carbocycles. The van der Waals surface area contributed by atoms with E-state index in [9.17, 15) is 4.79 Å². The minimum Gasteiger partial charge on any atom is -0.348 e. The van der Waals surface area contributed by atoms with E-state index in [4.69, 9.17) is 12.2 Å². The van der Waals surface area contributed by atoms with Crippen LogP contribution in [0.15, 0.2) is 36.5 Å². The molecule has 0 aliphatic rings. The lowest BCUT2D eigenvalue weighted by atomic mass is 10.2. The third kappa shape index (κ3) is 2.93. The van der Waals surface area contributed by atoms with Crippen LogP contribution in [0.1, 0.15) is 30.8 Å². The van der Waals surface area contributed by atoms with Crippen molar-refractivity contribution in [1.29, 1.82) is 0 Å². The highest BCUT2D eigenvalue weighted by Crippen LogP contribution is 2.12. The summed E-state index contributed by atoms with van der Waals surface area (Å²) >= 11 is 5.24. The Morgan fingerprint density at radius 3 is 2.74 bits per heavy atom. The number of nitrogens with one attached hydrogen (secondary N) is 2. The van der Waals surface area contributed by atoms with Crippen molar-refractivity contribution in [2.75, 3.05) is 0 Å². The molecule has 2 aromatic rings. The first-order valence-corrected chi connectivity index (χ1v) is 6.71. The van der Waals surface area contributed by atoms with E-state index < -0.39 is 0 Å². The molecule has 0 spiro atoms. The van der Waals surface area contributed by atoms with E-state index >= 15 is 0 Å². The molecule has 2 N–H and O–H groups in total. The van der Waals surface area contributed by atoms with Gasteiger partial charge in [-0.25, -0.2) is 0 Å². The molecule has 1 aromatic heterocycles. The van der Waals surface area contributed by atoms with Crippen LogP contribution < -0.4 is 5.32 Å². The first-order valence-electron chi connectivity index (χ1n) is 6.30. The maximum atomic E-state index is 12.2. The van der Waals surface area contributed by atoms with Gasteiger partial charge in [0.05, 0.1) is 0 Å². The number of hydrogen-bond donors (Lipinski definition) is 2. The summed E-state index contributed by atoms with van der Waals surface area (Å²) < 4.78 is 2.26. The van der Waals surface area contributed by atoms with Gasteiger partial charge >= 0.3 is 0 Å². The Hall–Kier alpha value is -1.88. The van der Waals surface area contributed by atoms with E-state index in [1.807, 2.05) is 44.2 Å². The van der Waals surface area contributed by atoms with Crippen molar-refractivity contribution >= 4 is 18.1 Å². The maximum Gasteiger partial charge on any atom is 0.270 e. The van der Waals surface area contributed by atoms with Gasteiger partial charge in [0.25, 0.3) is 5.91 Å². The van der Waals surface area contributed by atoms with Crippen LogP contribution in [-0.2, 0) is 0 Å². The van der Waals surface area contributed by atoms with E-state index in [1.54, 1.807) is 10.8 Å². The average molecular weight is 275 g/mol. The van der Waals surface area contributed by atoms with Gasteiger partial charge in [0.1, 0.15) is 5.69 Å². The van der Waals surface area contributed by atoms with Gasteiger partial charge in [-0.05, 0) is 37.7 Å². The van der Waals surface area contributed by atoms with Crippen LogP contribution in [0.3, 0.4) is 0 Å². The van der Waals surface area contributed by atoms with Crippen molar-refractivity contribution in [3.05, 3.63) is 47.0 Å². The lowest BCUT2D eigenvalue weighted by molar-refractivity contribution is 0.0932. The molecule has 1 unspecified atom stereocenters. The maximum absolute atomic E-state index is 12.2. The quantitative estimate of drug-likeness (QED) is 0.843. The number of imidazole rings is 1. The molecule has 2 rings (SSSR count). The van der Waals surface area contributed by atoms with Gasteiger partial charge in [-0.3, -0.25) is 9.36 Å². The second-order valence-electron chi connectivity index (χ2n) is 4.43. The Morgan fingerprint density at radius 1 is 1.42 bits per heavy atom. The number of nitrogens with zero attached hydrogens (tertiary/aromatic N) is 1. The number of aromatic amines is 1. The van der Waals surface area contributed by atoms with E-state index in [0.717, 1.165) is 12.1 Å². The molecule has 19 heavy (non-hydrogen) atoms. The highest BCUT2D eigenvalue weighted by Gasteiger charge is 2.15. The topological polar surface area (TPSA) is 49.8 Å². The number of hydrogen-bond acceptors (Lipinski definition) is 2. The van der Waals surface area contributed by atoms with Crippen molar-refractivity contribution < 1.29 is 4.79 Å². The summed E-state index contributed by atoms with van der Waals surface area (Å²) in [5, 5.41) is 2.94. The SMILES string of the molecule is CCC(C)NC(=O)c1c[nH]c(=S)n1-c1ccccc1. The lowest BCUT2D eigenvalue weighted by Gasteiger charge is -2.12. The molecule has 0 radical (unpaired) electrons. The fourth-order valence-corrected chi connectivity index (χ4v) is 2.03. The van der Waals surface area contributed by atoms with Crippen molar-refractivity contribution in [2.24, 2.45) is 0 Å². The van der Waals surface area contributed by atoms with Crippen LogP contribution in [-0.4, -0.2) is 21.5 Å². The van der Waals surface area contributed by atoms with E-state index in [1.165, 1.54) is 0 Å².